The van der Waals surface area contributed by atoms with Gasteiger partial charge < -0.3 is 15.2 Å². The molecule has 3 aromatic heterocycles. The highest BCUT2D eigenvalue weighted by molar-refractivity contribution is 8.24. The maximum atomic E-state index is 11.2. The summed E-state index contributed by atoms with van der Waals surface area (Å²) >= 11 is 19.7. The van der Waals surface area contributed by atoms with Crippen LogP contribution >= 0.6 is 50.5 Å². The Balaban J connectivity index is 0.000000224. The van der Waals surface area contributed by atoms with Crippen molar-refractivity contribution in [2.45, 2.75) is 41.0 Å². The minimum atomic E-state index is -3.59. The van der Waals surface area contributed by atoms with Gasteiger partial charge in [0.2, 0.25) is 0 Å². The topological polar surface area (TPSA) is 274 Å². The molecule has 0 saturated carbocycles. The molecule has 25 heteroatoms. The molecule has 8 rings (SSSR count). The van der Waals surface area contributed by atoms with Crippen LogP contribution in [0.3, 0.4) is 0 Å². The van der Waals surface area contributed by atoms with Gasteiger partial charge in [-0.05, 0) is 129 Å². The number of H-pyrrole nitrogens is 1. The summed E-state index contributed by atoms with van der Waals surface area (Å²) in [6.45, 7) is 10.6. The largest absolute Gasteiger partial charge is 0.355 e. The third kappa shape index (κ3) is 19.6. The SMILES string of the molecule is C.Cc1ccc2nc[nH]c(=O)c2c1.Cc1ccc2ncnc(Cl)c2c1.Cc1ccc2ncnc(N3CC(CCNS(N)(=O)=O)C3)c2c1.NS(=O)(=O)NCCC1CNC1.O=P(Cl)(Cl)Cl. The third-order valence-corrected chi connectivity index (χ3v) is 10.7. The molecule has 6 aromatic rings. The Hall–Kier alpha value is -3.63. The first-order valence-corrected chi connectivity index (χ1v) is 26.7. The van der Waals surface area contributed by atoms with Crippen molar-refractivity contribution < 1.29 is 21.4 Å². The number of halogens is 4. The summed E-state index contributed by atoms with van der Waals surface area (Å²) in [4.78, 5) is 36.7. The summed E-state index contributed by atoms with van der Waals surface area (Å²) in [7, 11) is -7.06. The van der Waals surface area contributed by atoms with E-state index in [-0.39, 0.29) is 13.0 Å². The number of benzene rings is 3. The molecule has 0 atom stereocenters. The van der Waals surface area contributed by atoms with Crippen LogP contribution in [0.25, 0.3) is 32.7 Å². The molecule has 2 aliphatic heterocycles. The molecule has 0 aliphatic carbocycles. The van der Waals surface area contributed by atoms with Crippen LogP contribution in [0.2, 0.25) is 5.15 Å². The summed E-state index contributed by atoms with van der Waals surface area (Å²) in [5.41, 5.74) is 5.90. The second-order valence-electron chi connectivity index (χ2n) is 14.3. The molecule has 2 fully saturated rings. The molecule has 63 heavy (non-hydrogen) atoms. The lowest BCUT2D eigenvalue weighted by molar-refractivity contribution is 0.328. The lowest BCUT2D eigenvalue weighted by Gasteiger charge is -2.40. The van der Waals surface area contributed by atoms with Gasteiger partial charge in [-0.2, -0.15) is 16.8 Å². The minimum Gasteiger partial charge on any atom is -0.355 e. The Morgan fingerprint density at radius 2 is 1.16 bits per heavy atom. The minimum absolute atomic E-state index is 0. The van der Waals surface area contributed by atoms with E-state index < -0.39 is 25.6 Å². The van der Waals surface area contributed by atoms with Crippen molar-refractivity contribution in [3.8, 4) is 0 Å². The van der Waals surface area contributed by atoms with Crippen molar-refractivity contribution in [3.05, 3.63) is 106 Å². The molecule has 3 aromatic carbocycles. The third-order valence-electron chi connectivity index (χ3n) is 9.14. The van der Waals surface area contributed by atoms with Gasteiger partial charge in [-0.25, -0.2) is 44.6 Å². The maximum absolute atomic E-state index is 11.2. The number of hydrogen-bond acceptors (Lipinski definition) is 13. The van der Waals surface area contributed by atoms with Crippen LogP contribution in [0.5, 0.6) is 0 Å². The van der Waals surface area contributed by atoms with Crippen molar-refractivity contribution in [2.75, 3.05) is 44.2 Å². The smallest absolute Gasteiger partial charge is 0.339 e. The quantitative estimate of drug-likeness (QED) is 0.0695. The average Bonchev–Trinajstić information content (AvgIpc) is 3.14. The summed E-state index contributed by atoms with van der Waals surface area (Å²) in [6.07, 6.45) is 6.11. The van der Waals surface area contributed by atoms with E-state index in [0.29, 0.717) is 35.5 Å². The lowest BCUT2D eigenvalue weighted by atomic mass is 9.96. The van der Waals surface area contributed by atoms with Crippen LogP contribution in [0, 0.1) is 32.6 Å². The zero-order valence-corrected chi connectivity index (χ0v) is 39.4. The number of hydrogen-bond donors (Lipinski definition) is 6. The Kier molecular flexibility index (Phi) is 21.0. The molecular weight excluding hydrogens is 957 g/mol. The van der Waals surface area contributed by atoms with Crippen LogP contribution in [0.4, 0.5) is 5.82 Å². The van der Waals surface area contributed by atoms with Gasteiger partial charge in [-0.15, -0.1) is 0 Å². The van der Waals surface area contributed by atoms with E-state index in [9.17, 15) is 26.2 Å². The van der Waals surface area contributed by atoms with Gasteiger partial charge in [0.15, 0.2) is 0 Å². The first-order chi connectivity index (χ1) is 29.0. The van der Waals surface area contributed by atoms with Crippen LogP contribution in [-0.2, 0) is 25.0 Å². The van der Waals surface area contributed by atoms with Gasteiger partial charge in [-0.1, -0.05) is 53.9 Å². The fraction of sp³-hybridized carbons (Fsp3) is 0.368. The molecular formula is C38H51Cl4N12O6PS2. The van der Waals surface area contributed by atoms with E-state index >= 15 is 0 Å². The number of fused-ring (bicyclic) bond motifs is 3. The summed E-state index contributed by atoms with van der Waals surface area (Å²) in [6, 6.07) is 17.7. The molecule has 5 heterocycles. The van der Waals surface area contributed by atoms with E-state index in [1.807, 2.05) is 69.3 Å². The van der Waals surface area contributed by atoms with Crippen molar-refractivity contribution in [1.29, 1.82) is 0 Å². The molecule has 0 unspecified atom stereocenters. The van der Waals surface area contributed by atoms with Gasteiger partial charge in [0.1, 0.15) is 23.6 Å². The Bertz CT molecular complexity index is 2770. The van der Waals surface area contributed by atoms with Crippen LogP contribution in [0.15, 0.2) is 78.4 Å². The van der Waals surface area contributed by atoms with Crippen molar-refractivity contribution in [1.82, 2.24) is 44.7 Å². The Labute approximate surface area is 386 Å². The zero-order chi connectivity index (χ0) is 45.7. The highest BCUT2D eigenvalue weighted by atomic mass is 36.0. The Morgan fingerprint density at radius 1 is 0.714 bits per heavy atom. The van der Waals surface area contributed by atoms with Gasteiger partial charge in [-0.3, -0.25) is 9.36 Å². The van der Waals surface area contributed by atoms with Crippen LogP contribution in [-0.4, -0.2) is 86.0 Å². The number of aryl methyl sites for hydroxylation is 3. The lowest BCUT2D eigenvalue weighted by Crippen LogP contribution is -2.48. The number of nitrogens with two attached hydrogens (primary N) is 2. The summed E-state index contributed by atoms with van der Waals surface area (Å²) in [5.74, 6) is 2.01. The first kappa shape index (κ1) is 53.7. The Morgan fingerprint density at radius 3 is 1.65 bits per heavy atom. The molecule has 0 spiro atoms. The van der Waals surface area contributed by atoms with Gasteiger partial charge in [0.05, 0.1) is 28.3 Å². The normalized spacial score (nSPS) is 14.0. The zero-order valence-electron chi connectivity index (χ0n) is 33.8. The predicted octanol–water partition coefficient (Wildman–Crippen LogP) is 6.22. The summed E-state index contributed by atoms with van der Waals surface area (Å²) < 4.78 is 56.5. The highest BCUT2D eigenvalue weighted by Gasteiger charge is 2.28. The first-order valence-electron chi connectivity index (χ1n) is 18.8. The average molecular weight is 1010 g/mol. The van der Waals surface area contributed by atoms with E-state index in [1.54, 1.807) is 6.33 Å². The van der Waals surface area contributed by atoms with E-state index in [2.05, 4.69) is 89.4 Å². The fourth-order valence-electron chi connectivity index (χ4n) is 6.02. The predicted molar refractivity (Wildman–Crippen MR) is 256 cm³/mol. The standard InChI is InChI=1S/C14H19N5O2S.C9H7ClN2.C9H8N2O.C5H13N3O2S.CH4.Cl3OP/c1-10-2-3-13-12(6-10)14(17-9-16-13)19-7-11(8-19)4-5-18-22(15,20)21;1-6-2-3-8-7(4-6)9(10)12-5-11-8;1-6-2-3-8-7(4-6)9(12)11-5-10-8;6-11(9,10)8-2-1-5-3-7-4-5;;1-5(2,3)4/h2-3,6,9,11,18H,4-5,7-8H2,1H3,(H2,15,20,21);2-5H,1H3;2-5H,1H3,(H,10,11,12);5,7-8H,1-4H2,(H2,6,9,10);1H4;. The van der Waals surface area contributed by atoms with Crippen LogP contribution < -0.4 is 35.5 Å². The van der Waals surface area contributed by atoms with Crippen molar-refractivity contribution in [2.24, 2.45) is 22.1 Å². The molecule has 18 nitrogen and oxygen atoms in total. The molecule has 8 N–H and O–H groups in total. The van der Waals surface area contributed by atoms with Gasteiger partial charge in [0.25, 0.3) is 26.0 Å². The molecule has 2 saturated heterocycles. The fourth-order valence-corrected chi connectivity index (χ4v) is 7.02. The van der Waals surface area contributed by atoms with Crippen molar-refractivity contribution in [3.63, 3.8) is 0 Å². The second kappa shape index (κ2) is 24.6. The van der Waals surface area contributed by atoms with E-state index in [4.69, 9.17) is 21.9 Å². The number of aromatic nitrogens is 6. The molecule has 0 radical (unpaired) electrons. The highest BCUT2D eigenvalue weighted by Crippen LogP contribution is 2.61. The van der Waals surface area contributed by atoms with Gasteiger partial charge >= 0.3 is 5.20 Å². The molecule has 2 aliphatic rings. The van der Waals surface area contributed by atoms with E-state index in [0.717, 1.165) is 77.7 Å². The maximum Gasteiger partial charge on any atom is 0.339 e. The number of nitrogens with one attached hydrogen (secondary N) is 4. The van der Waals surface area contributed by atoms with Gasteiger partial charge in [0, 0.05) is 37.0 Å². The number of nitrogens with zero attached hydrogens (tertiary/aromatic N) is 6. The van der Waals surface area contributed by atoms with Crippen LogP contribution in [0.1, 0.15) is 37.0 Å². The van der Waals surface area contributed by atoms with Crippen molar-refractivity contribution >= 4 is 109 Å². The second-order valence-corrected chi connectivity index (χ2v) is 24.1. The molecule has 344 valence electrons. The molecule has 0 bridgehead atoms. The summed E-state index contributed by atoms with van der Waals surface area (Å²) in [5, 5.41) is 12.7. The number of aromatic amines is 1. The number of anilines is 1. The number of rotatable bonds is 9. The monoisotopic (exact) mass is 1010 g/mol. The molecule has 0 amide bonds. The van der Waals surface area contributed by atoms with E-state index in [1.165, 1.54) is 23.8 Å².